The summed E-state index contributed by atoms with van der Waals surface area (Å²) in [6, 6.07) is -0.747. The minimum absolute atomic E-state index is 0.252. The molecule has 1 fully saturated rings. The SMILES string of the molecule is CC(C)(C)[C@@H]1OC(CO)[C@@H](N)[C@H](O)C1O. The highest BCUT2D eigenvalue weighted by Gasteiger charge is 2.46. The number of rotatable bonds is 1. The van der Waals surface area contributed by atoms with Gasteiger partial charge in [-0.2, -0.15) is 0 Å². The Hall–Kier alpha value is -0.200. The molecule has 0 amide bonds. The summed E-state index contributed by atoms with van der Waals surface area (Å²) < 4.78 is 5.51. The third-order valence-electron chi connectivity index (χ3n) is 2.84. The maximum Gasteiger partial charge on any atom is 0.108 e. The molecule has 0 saturated carbocycles. The minimum atomic E-state index is -1.06. The summed E-state index contributed by atoms with van der Waals surface area (Å²) in [5.41, 5.74) is 5.32. The molecule has 0 aromatic rings. The summed E-state index contributed by atoms with van der Waals surface area (Å²) in [6.07, 6.45) is -3.21. The molecule has 2 unspecified atom stereocenters. The predicted octanol–water partition coefficient (Wildman–Crippen LogP) is -1.16. The fraction of sp³-hybridized carbons (Fsp3) is 1.00. The van der Waals surface area contributed by atoms with E-state index in [1.54, 1.807) is 0 Å². The van der Waals surface area contributed by atoms with E-state index >= 15 is 0 Å². The average Bonchev–Trinajstić information content (AvgIpc) is 2.13. The van der Waals surface area contributed by atoms with Gasteiger partial charge in [-0.25, -0.2) is 0 Å². The number of ether oxygens (including phenoxy) is 1. The van der Waals surface area contributed by atoms with Gasteiger partial charge in [-0.05, 0) is 5.41 Å². The van der Waals surface area contributed by atoms with Crippen LogP contribution in [0.1, 0.15) is 20.8 Å². The van der Waals surface area contributed by atoms with E-state index in [-0.39, 0.29) is 12.0 Å². The Morgan fingerprint density at radius 3 is 2.13 bits per heavy atom. The first-order valence-corrected chi connectivity index (χ1v) is 5.17. The summed E-state index contributed by atoms with van der Waals surface area (Å²) in [7, 11) is 0. The lowest BCUT2D eigenvalue weighted by Gasteiger charge is -2.45. The Labute approximate surface area is 89.9 Å². The van der Waals surface area contributed by atoms with Crippen LogP contribution in [-0.4, -0.2) is 52.4 Å². The smallest absolute Gasteiger partial charge is 0.108 e. The fourth-order valence-corrected chi connectivity index (χ4v) is 1.87. The van der Waals surface area contributed by atoms with E-state index in [0.717, 1.165) is 0 Å². The molecule has 0 aliphatic carbocycles. The van der Waals surface area contributed by atoms with Crippen LogP contribution >= 0.6 is 0 Å². The number of aliphatic hydroxyl groups is 3. The number of hydrogen-bond acceptors (Lipinski definition) is 5. The van der Waals surface area contributed by atoms with Crippen LogP contribution in [0.5, 0.6) is 0 Å². The highest BCUT2D eigenvalue weighted by molar-refractivity contribution is 4.97. The van der Waals surface area contributed by atoms with Crippen molar-refractivity contribution >= 4 is 0 Å². The Morgan fingerprint density at radius 2 is 1.73 bits per heavy atom. The first-order valence-electron chi connectivity index (χ1n) is 5.17. The van der Waals surface area contributed by atoms with Crippen molar-refractivity contribution < 1.29 is 20.1 Å². The van der Waals surface area contributed by atoms with Crippen molar-refractivity contribution in [3.63, 3.8) is 0 Å². The number of nitrogens with two attached hydrogens (primary N) is 1. The van der Waals surface area contributed by atoms with E-state index in [2.05, 4.69) is 0 Å². The second-order valence-electron chi connectivity index (χ2n) is 5.20. The third kappa shape index (κ3) is 2.49. The molecule has 0 aromatic carbocycles. The lowest BCUT2D eigenvalue weighted by molar-refractivity contribution is -0.214. The quantitative estimate of drug-likeness (QED) is 0.446. The van der Waals surface area contributed by atoms with Crippen LogP contribution in [0, 0.1) is 5.41 Å². The summed E-state index contributed by atoms with van der Waals surface area (Å²) in [6.45, 7) is 5.45. The number of aliphatic hydroxyl groups excluding tert-OH is 3. The Bertz CT molecular complexity index is 214. The second kappa shape index (κ2) is 4.35. The molecule has 1 aliphatic heterocycles. The summed E-state index contributed by atoms with van der Waals surface area (Å²) >= 11 is 0. The van der Waals surface area contributed by atoms with Gasteiger partial charge in [0.2, 0.25) is 0 Å². The van der Waals surface area contributed by atoms with Gasteiger partial charge >= 0.3 is 0 Å². The van der Waals surface area contributed by atoms with Gasteiger partial charge in [-0.3, -0.25) is 0 Å². The first kappa shape index (κ1) is 12.9. The van der Waals surface area contributed by atoms with Gasteiger partial charge in [0.05, 0.1) is 24.9 Å². The van der Waals surface area contributed by atoms with Crippen molar-refractivity contribution in [1.29, 1.82) is 0 Å². The molecule has 5 N–H and O–H groups in total. The molecule has 5 heteroatoms. The Morgan fingerprint density at radius 1 is 1.20 bits per heavy atom. The van der Waals surface area contributed by atoms with Gasteiger partial charge in [0.1, 0.15) is 12.2 Å². The van der Waals surface area contributed by atoms with E-state index < -0.39 is 30.5 Å². The molecular weight excluding hydrogens is 198 g/mol. The molecule has 1 rings (SSSR count). The molecule has 0 spiro atoms. The maximum absolute atomic E-state index is 9.82. The van der Waals surface area contributed by atoms with Crippen LogP contribution in [0.3, 0.4) is 0 Å². The van der Waals surface area contributed by atoms with E-state index in [0.29, 0.717) is 0 Å². The van der Waals surface area contributed by atoms with Crippen molar-refractivity contribution in [2.45, 2.75) is 51.2 Å². The highest BCUT2D eigenvalue weighted by Crippen LogP contribution is 2.32. The summed E-state index contributed by atoms with van der Waals surface area (Å²) in [5, 5.41) is 28.6. The molecule has 0 radical (unpaired) electrons. The second-order valence-corrected chi connectivity index (χ2v) is 5.20. The van der Waals surface area contributed by atoms with Gasteiger partial charge in [0.15, 0.2) is 0 Å². The third-order valence-corrected chi connectivity index (χ3v) is 2.84. The molecule has 5 atom stereocenters. The zero-order valence-electron chi connectivity index (χ0n) is 9.42. The van der Waals surface area contributed by atoms with Crippen molar-refractivity contribution in [1.82, 2.24) is 0 Å². The molecule has 0 aromatic heterocycles. The van der Waals surface area contributed by atoms with Crippen LogP contribution in [0.4, 0.5) is 0 Å². The van der Waals surface area contributed by atoms with Crippen molar-refractivity contribution in [2.75, 3.05) is 6.61 Å². The lowest BCUT2D eigenvalue weighted by Crippen LogP contribution is -2.64. The Kier molecular flexibility index (Phi) is 3.73. The first-order chi connectivity index (χ1) is 6.79. The predicted molar refractivity (Wildman–Crippen MR) is 55.2 cm³/mol. The number of hydrogen-bond donors (Lipinski definition) is 4. The van der Waals surface area contributed by atoms with Crippen molar-refractivity contribution in [3.8, 4) is 0 Å². The standard InChI is InChI=1S/C10H21NO4/c1-10(2,3)9-8(14)7(13)6(11)5(4-12)15-9/h5-9,12-14H,4,11H2,1-3H3/t5?,6-,7+,8?,9-/m1/s1. The molecule has 5 nitrogen and oxygen atoms in total. The Balaban J connectivity index is 2.83. The molecule has 15 heavy (non-hydrogen) atoms. The maximum atomic E-state index is 9.82. The van der Waals surface area contributed by atoms with Crippen LogP contribution in [0.25, 0.3) is 0 Å². The van der Waals surface area contributed by atoms with Gasteiger partial charge < -0.3 is 25.8 Å². The molecule has 1 saturated heterocycles. The fourth-order valence-electron chi connectivity index (χ4n) is 1.87. The zero-order chi connectivity index (χ0) is 11.8. The molecular formula is C10H21NO4. The molecule has 1 heterocycles. The van der Waals surface area contributed by atoms with E-state index in [1.165, 1.54) is 0 Å². The van der Waals surface area contributed by atoms with Gasteiger partial charge in [-0.1, -0.05) is 20.8 Å². The van der Waals surface area contributed by atoms with E-state index in [9.17, 15) is 10.2 Å². The van der Waals surface area contributed by atoms with Crippen LogP contribution < -0.4 is 5.73 Å². The molecule has 0 bridgehead atoms. The van der Waals surface area contributed by atoms with Crippen LogP contribution in [0.2, 0.25) is 0 Å². The minimum Gasteiger partial charge on any atom is -0.394 e. The summed E-state index contributed by atoms with van der Waals surface area (Å²) in [5.74, 6) is 0. The monoisotopic (exact) mass is 219 g/mol. The normalized spacial score (nSPS) is 43.0. The topological polar surface area (TPSA) is 95.9 Å². The molecule has 90 valence electrons. The largest absolute Gasteiger partial charge is 0.394 e. The van der Waals surface area contributed by atoms with Gasteiger partial charge in [0, 0.05) is 0 Å². The lowest BCUT2D eigenvalue weighted by atomic mass is 9.80. The van der Waals surface area contributed by atoms with Crippen LogP contribution in [0.15, 0.2) is 0 Å². The van der Waals surface area contributed by atoms with Gasteiger partial charge in [0.25, 0.3) is 0 Å². The summed E-state index contributed by atoms with van der Waals surface area (Å²) in [4.78, 5) is 0. The van der Waals surface area contributed by atoms with Crippen molar-refractivity contribution in [2.24, 2.45) is 11.1 Å². The van der Waals surface area contributed by atoms with E-state index in [1.807, 2.05) is 20.8 Å². The van der Waals surface area contributed by atoms with E-state index in [4.69, 9.17) is 15.6 Å². The zero-order valence-corrected chi connectivity index (χ0v) is 9.42. The van der Waals surface area contributed by atoms with Crippen LogP contribution in [-0.2, 0) is 4.74 Å². The van der Waals surface area contributed by atoms with Crippen molar-refractivity contribution in [3.05, 3.63) is 0 Å². The van der Waals surface area contributed by atoms with Gasteiger partial charge in [-0.15, -0.1) is 0 Å². The molecule has 1 aliphatic rings. The highest BCUT2D eigenvalue weighted by atomic mass is 16.5. The average molecular weight is 219 g/mol.